The second-order valence-electron chi connectivity index (χ2n) is 4.47. The molecule has 0 saturated carbocycles. The average molecular weight is 329 g/mol. The van der Waals surface area contributed by atoms with Gasteiger partial charge < -0.3 is 20.2 Å². The van der Waals surface area contributed by atoms with Crippen molar-refractivity contribution in [2.24, 2.45) is 0 Å². The maximum absolute atomic E-state index is 12.4. The van der Waals surface area contributed by atoms with Gasteiger partial charge in [0.2, 0.25) is 10.0 Å². The van der Waals surface area contributed by atoms with Crippen molar-refractivity contribution in [2.45, 2.75) is 4.90 Å². The Bertz CT molecular complexity index is 880. The van der Waals surface area contributed by atoms with E-state index in [0.717, 1.165) is 4.31 Å². The van der Waals surface area contributed by atoms with Crippen molar-refractivity contribution in [3.8, 4) is 0 Å². The van der Waals surface area contributed by atoms with Crippen LogP contribution in [0.3, 0.4) is 0 Å². The number of fused-ring (bicyclic) bond motifs is 1. The molecule has 0 bridgehead atoms. The van der Waals surface area contributed by atoms with Crippen molar-refractivity contribution in [3.05, 3.63) is 38.9 Å². The van der Waals surface area contributed by atoms with Crippen LogP contribution in [0.15, 0.2) is 32.7 Å². The smallest absolute Gasteiger partial charge is 0.314 e. The minimum atomic E-state index is -3.94. The van der Waals surface area contributed by atoms with Crippen LogP contribution >= 0.6 is 0 Å². The van der Waals surface area contributed by atoms with Gasteiger partial charge in [0.25, 0.3) is 0 Å². The van der Waals surface area contributed by atoms with Gasteiger partial charge in [0.15, 0.2) is 0 Å². The van der Waals surface area contributed by atoms with Crippen molar-refractivity contribution in [1.29, 1.82) is 0 Å². The summed E-state index contributed by atoms with van der Waals surface area (Å²) in [5.41, 5.74) is -1.26. The van der Waals surface area contributed by atoms with Crippen LogP contribution in [0, 0.1) is 0 Å². The van der Waals surface area contributed by atoms with E-state index in [9.17, 15) is 18.0 Å². The molecule has 4 N–H and O–H groups in total. The molecule has 0 atom stereocenters. The number of aliphatic hydroxyl groups is 2. The zero-order chi connectivity index (χ0) is 16.3. The maximum atomic E-state index is 12.4. The van der Waals surface area contributed by atoms with Crippen molar-refractivity contribution >= 4 is 21.1 Å². The van der Waals surface area contributed by atoms with E-state index in [1.807, 2.05) is 0 Å². The topological polar surface area (TPSA) is 144 Å². The minimum Gasteiger partial charge on any atom is -0.395 e. The number of aromatic amines is 2. The van der Waals surface area contributed by atoms with E-state index >= 15 is 0 Å². The molecule has 120 valence electrons. The van der Waals surface area contributed by atoms with E-state index in [2.05, 4.69) is 9.97 Å². The first kappa shape index (κ1) is 16.4. The third-order valence-electron chi connectivity index (χ3n) is 3.03. The van der Waals surface area contributed by atoms with Gasteiger partial charge in [-0.15, -0.1) is 0 Å². The lowest BCUT2D eigenvalue weighted by Crippen LogP contribution is -2.36. The summed E-state index contributed by atoms with van der Waals surface area (Å²) in [6.07, 6.45) is 0. The summed E-state index contributed by atoms with van der Waals surface area (Å²) in [4.78, 5) is 27.0. The van der Waals surface area contributed by atoms with Gasteiger partial charge in [0.05, 0.1) is 29.1 Å². The molecule has 9 nitrogen and oxygen atoms in total. The van der Waals surface area contributed by atoms with Gasteiger partial charge in [-0.25, -0.2) is 8.42 Å². The number of hydrogen-bond donors (Lipinski definition) is 4. The van der Waals surface area contributed by atoms with Crippen molar-refractivity contribution < 1.29 is 18.6 Å². The minimum absolute atomic E-state index is 0.121. The SMILES string of the molecule is O=c1[nH]c2ccc(S(=O)(=O)N(CCO)CCO)cc2[nH]c1=O. The lowest BCUT2D eigenvalue weighted by Gasteiger charge is -2.20. The Labute approximate surface area is 124 Å². The normalized spacial score (nSPS) is 12.1. The molecule has 0 aliphatic carbocycles. The highest BCUT2D eigenvalue weighted by atomic mass is 32.2. The largest absolute Gasteiger partial charge is 0.395 e. The second kappa shape index (κ2) is 6.40. The highest BCUT2D eigenvalue weighted by molar-refractivity contribution is 7.89. The fraction of sp³-hybridized carbons (Fsp3) is 0.333. The molecule has 1 aromatic heterocycles. The van der Waals surface area contributed by atoms with E-state index in [0.29, 0.717) is 5.52 Å². The zero-order valence-electron chi connectivity index (χ0n) is 11.4. The monoisotopic (exact) mass is 329 g/mol. The molecule has 0 spiro atoms. The van der Waals surface area contributed by atoms with Crippen LogP contribution in [-0.2, 0) is 10.0 Å². The fourth-order valence-electron chi connectivity index (χ4n) is 1.98. The van der Waals surface area contributed by atoms with Gasteiger partial charge in [-0.3, -0.25) is 9.59 Å². The molecule has 0 radical (unpaired) electrons. The number of aromatic nitrogens is 2. The quantitative estimate of drug-likeness (QED) is 0.460. The highest BCUT2D eigenvalue weighted by Gasteiger charge is 2.24. The summed E-state index contributed by atoms with van der Waals surface area (Å²) in [5.74, 6) is 0. The molecule has 0 aliphatic heterocycles. The number of benzene rings is 1. The van der Waals surface area contributed by atoms with Crippen LogP contribution in [-0.4, -0.2) is 59.2 Å². The standard InChI is InChI=1S/C12H15N3O6S/c16-5-3-15(4-6-17)22(20,21)8-1-2-9-10(7-8)14-12(19)11(18)13-9/h1-2,7,16-17H,3-6H2,(H,13,18)(H,14,19). The Kier molecular flexibility index (Phi) is 4.76. The Morgan fingerprint density at radius 2 is 1.50 bits per heavy atom. The fourth-order valence-corrected chi connectivity index (χ4v) is 3.43. The summed E-state index contributed by atoms with van der Waals surface area (Å²) >= 11 is 0. The van der Waals surface area contributed by atoms with E-state index in [-0.39, 0.29) is 23.5 Å². The molecule has 0 fully saturated rings. The van der Waals surface area contributed by atoms with E-state index in [4.69, 9.17) is 10.2 Å². The van der Waals surface area contributed by atoms with Gasteiger partial charge in [0.1, 0.15) is 0 Å². The number of nitrogens with one attached hydrogen (secondary N) is 2. The first-order valence-electron chi connectivity index (χ1n) is 6.38. The summed E-state index contributed by atoms with van der Waals surface area (Å²) in [7, 11) is -3.94. The zero-order valence-corrected chi connectivity index (χ0v) is 12.3. The summed E-state index contributed by atoms with van der Waals surface area (Å²) in [6, 6.07) is 3.84. The summed E-state index contributed by atoms with van der Waals surface area (Å²) in [5, 5.41) is 17.9. The van der Waals surface area contributed by atoms with Crippen LogP contribution < -0.4 is 11.1 Å². The molecule has 0 aliphatic rings. The first-order valence-corrected chi connectivity index (χ1v) is 7.82. The van der Waals surface area contributed by atoms with Gasteiger partial charge in [-0.1, -0.05) is 0 Å². The number of H-pyrrole nitrogens is 2. The lowest BCUT2D eigenvalue weighted by molar-refractivity contribution is 0.217. The van der Waals surface area contributed by atoms with Crippen LogP contribution in [0.5, 0.6) is 0 Å². The third-order valence-corrected chi connectivity index (χ3v) is 4.92. The summed E-state index contributed by atoms with van der Waals surface area (Å²) in [6.45, 7) is -1.11. The number of nitrogens with zero attached hydrogens (tertiary/aromatic N) is 1. The molecule has 22 heavy (non-hydrogen) atoms. The van der Waals surface area contributed by atoms with E-state index in [1.165, 1.54) is 18.2 Å². The molecule has 1 aromatic carbocycles. The molecule has 1 heterocycles. The molecule has 0 unspecified atom stereocenters. The predicted octanol–water partition coefficient (Wildman–Crippen LogP) is -1.81. The Hall–Kier alpha value is -2.01. The number of aliphatic hydroxyl groups excluding tert-OH is 2. The van der Waals surface area contributed by atoms with Gasteiger partial charge in [-0.05, 0) is 18.2 Å². The van der Waals surface area contributed by atoms with Gasteiger partial charge >= 0.3 is 11.1 Å². The van der Waals surface area contributed by atoms with E-state index < -0.39 is 34.4 Å². The van der Waals surface area contributed by atoms with Gasteiger partial charge in [0, 0.05) is 13.1 Å². The van der Waals surface area contributed by atoms with Crippen LogP contribution in [0.25, 0.3) is 11.0 Å². The van der Waals surface area contributed by atoms with Crippen molar-refractivity contribution in [1.82, 2.24) is 14.3 Å². The Morgan fingerprint density at radius 3 is 2.05 bits per heavy atom. The van der Waals surface area contributed by atoms with Crippen molar-refractivity contribution in [2.75, 3.05) is 26.3 Å². The molecule has 10 heteroatoms. The predicted molar refractivity (Wildman–Crippen MR) is 78.1 cm³/mol. The lowest BCUT2D eigenvalue weighted by atomic mass is 10.3. The van der Waals surface area contributed by atoms with E-state index in [1.54, 1.807) is 0 Å². The molecule has 0 saturated heterocycles. The molecule has 0 amide bonds. The highest BCUT2D eigenvalue weighted by Crippen LogP contribution is 2.18. The molecule has 2 aromatic rings. The average Bonchev–Trinajstić information content (AvgIpc) is 2.47. The third kappa shape index (κ3) is 3.09. The number of hydrogen-bond acceptors (Lipinski definition) is 6. The van der Waals surface area contributed by atoms with Crippen LogP contribution in [0.1, 0.15) is 0 Å². The second-order valence-corrected chi connectivity index (χ2v) is 6.40. The number of rotatable bonds is 6. The summed E-state index contributed by atoms with van der Waals surface area (Å²) < 4.78 is 25.8. The maximum Gasteiger partial charge on any atom is 0.314 e. The first-order chi connectivity index (χ1) is 10.4. The van der Waals surface area contributed by atoms with Crippen molar-refractivity contribution in [3.63, 3.8) is 0 Å². The Balaban J connectivity index is 2.55. The van der Waals surface area contributed by atoms with Gasteiger partial charge in [-0.2, -0.15) is 4.31 Å². The molecule has 2 rings (SSSR count). The molecular formula is C12H15N3O6S. The number of sulfonamides is 1. The van der Waals surface area contributed by atoms with Crippen LogP contribution in [0.2, 0.25) is 0 Å². The van der Waals surface area contributed by atoms with Crippen LogP contribution in [0.4, 0.5) is 0 Å². The molecular weight excluding hydrogens is 314 g/mol. The Morgan fingerprint density at radius 1 is 0.955 bits per heavy atom.